The highest BCUT2D eigenvalue weighted by Gasteiger charge is 2.22. The van der Waals surface area contributed by atoms with Crippen molar-refractivity contribution in [1.29, 1.82) is 0 Å². The van der Waals surface area contributed by atoms with Gasteiger partial charge < -0.3 is 10.5 Å². The maximum absolute atomic E-state index is 5.67. The van der Waals surface area contributed by atoms with Crippen LogP contribution in [0.1, 0.15) is 33.1 Å². The van der Waals surface area contributed by atoms with Gasteiger partial charge in [-0.2, -0.15) is 0 Å². The molecule has 0 aromatic rings. The number of likely N-dealkylation sites (tertiary alicyclic amines) is 1. The second-order valence-corrected chi connectivity index (χ2v) is 4.14. The first-order valence-electron chi connectivity index (χ1n) is 5.83. The molecule has 0 aromatic carbocycles. The molecule has 2 unspecified atom stereocenters. The van der Waals surface area contributed by atoms with E-state index in [-0.39, 0.29) is 0 Å². The van der Waals surface area contributed by atoms with E-state index in [1.807, 2.05) is 0 Å². The Bertz CT molecular complexity index is 146. The van der Waals surface area contributed by atoms with E-state index < -0.39 is 0 Å². The third-order valence-electron chi connectivity index (χ3n) is 3.02. The van der Waals surface area contributed by atoms with Crippen molar-refractivity contribution in [3.8, 4) is 0 Å². The van der Waals surface area contributed by atoms with Crippen LogP contribution in [0.15, 0.2) is 0 Å². The number of hydrogen-bond donors (Lipinski definition) is 1. The second-order valence-electron chi connectivity index (χ2n) is 4.14. The molecule has 84 valence electrons. The molecule has 14 heavy (non-hydrogen) atoms. The molecule has 3 heteroatoms. The van der Waals surface area contributed by atoms with Crippen molar-refractivity contribution < 1.29 is 4.74 Å². The minimum Gasteiger partial charge on any atom is -0.377 e. The number of nitrogens with zero attached hydrogens (tertiary/aromatic N) is 1. The summed E-state index contributed by atoms with van der Waals surface area (Å²) in [6.45, 7) is 8.27. The molecule has 0 spiro atoms. The van der Waals surface area contributed by atoms with E-state index in [0.717, 1.165) is 26.1 Å². The van der Waals surface area contributed by atoms with E-state index in [9.17, 15) is 0 Å². The fourth-order valence-electron chi connectivity index (χ4n) is 2.16. The van der Waals surface area contributed by atoms with Gasteiger partial charge in [0.05, 0.1) is 6.10 Å². The molecule has 1 aliphatic heterocycles. The lowest BCUT2D eigenvalue weighted by molar-refractivity contribution is -0.00570. The van der Waals surface area contributed by atoms with Crippen LogP contribution in [0.25, 0.3) is 0 Å². The molecule has 1 heterocycles. The quantitative estimate of drug-likeness (QED) is 0.725. The van der Waals surface area contributed by atoms with Gasteiger partial charge in [0.1, 0.15) is 0 Å². The van der Waals surface area contributed by atoms with E-state index in [4.69, 9.17) is 10.5 Å². The van der Waals surface area contributed by atoms with Crippen molar-refractivity contribution in [2.45, 2.75) is 45.3 Å². The van der Waals surface area contributed by atoms with Crippen LogP contribution in [-0.4, -0.2) is 43.3 Å². The van der Waals surface area contributed by atoms with Crippen molar-refractivity contribution >= 4 is 0 Å². The van der Waals surface area contributed by atoms with Crippen molar-refractivity contribution in [2.24, 2.45) is 5.73 Å². The van der Waals surface area contributed by atoms with Crippen molar-refractivity contribution in [1.82, 2.24) is 4.90 Å². The summed E-state index contributed by atoms with van der Waals surface area (Å²) in [5.41, 5.74) is 5.57. The Balaban J connectivity index is 2.31. The lowest BCUT2D eigenvalue weighted by Crippen LogP contribution is -2.45. The Labute approximate surface area is 87.6 Å². The Morgan fingerprint density at radius 1 is 1.57 bits per heavy atom. The van der Waals surface area contributed by atoms with Crippen molar-refractivity contribution in [3.05, 3.63) is 0 Å². The largest absolute Gasteiger partial charge is 0.377 e. The molecule has 1 aliphatic rings. The van der Waals surface area contributed by atoms with Gasteiger partial charge in [-0.3, -0.25) is 4.90 Å². The monoisotopic (exact) mass is 200 g/mol. The minimum absolute atomic E-state index is 0.453. The van der Waals surface area contributed by atoms with Gasteiger partial charge >= 0.3 is 0 Å². The fourth-order valence-corrected chi connectivity index (χ4v) is 2.16. The molecule has 3 nitrogen and oxygen atoms in total. The SMILES string of the molecule is CCOC1CCCN(C(C)CCN)C1. The molecular formula is C11H24N2O. The summed E-state index contributed by atoms with van der Waals surface area (Å²) in [5, 5.41) is 0. The van der Waals surface area contributed by atoms with Crippen LogP contribution in [0.4, 0.5) is 0 Å². The number of rotatable bonds is 5. The lowest BCUT2D eigenvalue weighted by atomic mass is 10.0. The van der Waals surface area contributed by atoms with Crippen LogP contribution < -0.4 is 5.73 Å². The number of piperidine rings is 1. The standard InChI is InChI=1S/C11H24N2O/c1-3-14-11-5-4-8-13(9-11)10(2)6-7-12/h10-11H,3-9,12H2,1-2H3. The van der Waals surface area contributed by atoms with Crippen LogP contribution in [0.3, 0.4) is 0 Å². The molecule has 1 fully saturated rings. The molecule has 0 saturated carbocycles. The number of nitrogens with two attached hydrogens (primary N) is 1. The van der Waals surface area contributed by atoms with Gasteiger partial charge in [-0.05, 0) is 46.2 Å². The topological polar surface area (TPSA) is 38.5 Å². The Hall–Kier alpha value is -0.120. The highest BCUT2D eigenvalue weighted by atomic mass is 16.5. The van der Waals surface area contributed by atoms with Gasteiger partial charge in [-0.1, -0.05) is 0 Å². The molecular weight excluding hydrogens is 176 g/mol. The zero-order valence-corrected chi connectivity index (χ0v) is 9.54. The van der Waals surface area contributed by atoms with E-state index in [0.29, 0.717) is 12.1 Å². The van der Waals surface area contributed by atoms with Crippen molar-refractivity contribution in [3.63, 3.8) is 0 Å². The Morgan fingerprint density at radius 2 is 2.36 bits per heavy atom. The molecule has 1 rings (SSSR count). The molecule has 0 bridgehead atoms. The first-order valence-corrected chi connectivity index (χ1v) is 5.83. The van der Waals surface area contributed by atoms with Crippen LogP contribution in [-0.2, 0) is 4.74 Å². The smallest absolute Gasteiger partial charge is 0.0702 e. The van der Waals surface area contributed by atoms with Gasteiger partial charge in [0, 0.05) is 19.2 Å². The summed E-state index contributed by atoms with van der Waals surface area (Å²) in [6.07, 6.45) is 4.03. The Kier molecular flexibility index (Phi) is 5.45. The van der Waals surface area contributed by atoms with Gasteiger partial charge in [0.15, 0.2) is 0 Å². The predicted molar refractivity (Wildman–Crippen MR) is 59.4 cm³/mol. The Morgan fingerprint density at radius 3 is 3.00 bits per heavy atom. The van der Waals surface area contributed by atoms with Gasteiger partial charge in [-0.25, -0.2) is 0 Å². The first-order chi connectivity index (χ1) is 6.77. The lowest BCUT2D eigenvalue weighted by Gasteiger charge is -2.36. The molecule has 0 radical (unpaired) electrons. The molecule has 0 amide bonds. The normalized spacial score (nSPS) is 26.4. The zero-order valence-electron chi connectivity index (χ0n) is 9.54. The van der Waals surface area contributed by atoms with E-state index in [1.54, 1.807) is 0 Å². The third kappa shape index (κ3) is 3.56. The van der Waals surface area contributed by atoms with Gasteiger partial charge in [0.2, 0.25) is 0 Å². The fraction of sp³-hybridized carbons (Fsp3) is 1.00. The summed E-state index contributed by atoms with van der Waals surface area (Å²) in [5.74, 6) is 0. The maximum atomic E-state index is 5.67. The van der Waals surface area contributed by atoms with Crippen molar-refractivity contribution in [2.75, 3.05) is 26.2 Å². The highest BCUT2D eigenvalue weighted by molar-refractivity contribution is 4.77. The van der Waals surface area contributed by atoms with Crippen LogP contribution in [0, 0.1) is 0 Å². The average Bonchev–Trinajstić information content (AvgIpc) is 2.19. The number of ether oxygens (including phenoxy) is 1. The summed E-state index contributed by atoms with van der Waals surface area (Å²) >= 11 is 0. The highest BCUT2D eigenvalue weighted by Crippen LogP contribution is 2.16. The van der Waals surface area contributed by atoms with Crippen LogP contribution in [0.2, 0.25) is 0 Å². The van der Waals surface area contributed by atoms with E-state index in [1.165, 1.54) is 19.4 Å². The molecule has 0 aromatic heterocycles. The molecule has 2 N–H and O–H groups in total. The minimum atomic E-state index is 0.453. The van der Waals surface area contributed by atoms with E-state index >= 15 is 0 Å². The summed E-state index contributed by atoms with van der Waals surface area (Å²) in [7, 11) is 0. The summed E-state index contributed by atoms with van der Waals surface area (Å²) in [6, 6.07) is 0.614. The van der Waals surface area contributed by atoms with Gasteiger partial charge in [-0.15, -0.1) is 0 Å². The average molecular weight is 200 g/mol. The summed E-state index contributed by atoms with van der Waals surface area (Å²) in [4.78, 5) is 2.51. The summed E-state index contributed by atoms with van der Waals surface area (Å²) < 4.78 is 5.67. The zero-order chi connectivity index (χ0) is 10.4. The molecule has 0 aliphatic carbocycles. The predicted octanol–water partition coefficient (Wildman–Crippen LogP) is 1.22. The van der Waals surface area contributed by atoms with Gasteiger partial charge in [0.25, 0.3) is 0 Å². The molecule has 2 atom stereocenters. The first kappa shape index (κ1) is 12.0. The van der Waals surface area contributed by atoms with Crippen LogP contribution in [0.5, 0.6) is 0 Å². The second kappa shape index (κ2) is 6.38. The maximum Gasteiger partial charge on any atom is 0.0702 e. The van der Waals surface area contributed by atoms with E-state index in [2.05, 4.69) is 18.7 Å². The third-order valence-corrected chi connectivity index (χ3v) is 3.02. The number of hydrogen-bond acceptors (Lipinski definition) is 3. The molecule has 1 saturated heterocycles. The van der Waals surface area contributed by atoms with Crippen LogP contribution >= 0.6 is 0 Å².